The van der Waals surface area contributed by atoms with Gasteiger partial charge in [-0.1, -0.05) is 36.4 Å². The average molecular weight is 423 g/mol. The number of hydrogen-bond donors (Lipinski definition) is 0. The third-order valence-electron chi connectivity index (χ3n) is 4.42. The first kappa shape index (κ1) is 23.9. The summed E-state index contributed by atoms with van der Waals surface area (Å²) in [4.78, 5) is 23.2. The number of benzene rings is 2. The molecule has 31 heavy (non-hydrogen) atoms. The van der Waals surface area contributed by atoms with E-state index in [0.29, 0.717) is 24.5 Å². The van der Waals surface area contributed by atoms with Crippen LogP contribution in [-0.2, 0) is 14.3 Å². The van der Waals surface area contributed by atoms with Gasteiger partial charge >= 0.3 is 11.9 Å². The van der Waals surface area contributed by atoms with Gasteiger partial charge in [0.25, 0.3) is 0 Å². The van der Waals surface area contributed by atoms with Crippen molar-refractivity contribution in [3.63, 3.8) is 0 Å². The third kappa shape index (κ3) is 9.81. The monoisotopic (exact) mass is 422 g/mol. The Balaban J connectivity index is 1.61. The SMILES string of the molecule is C=C(C)C(=O)OCCCCCCOc1ccc(/C=C/C(=O)Oc2ccc(C)cc2)cc1. The highest BCUT2D eigenvalue weighted by atomic mass is 16.5. The molecule has 0 aromatic heterocycles. The molecule has 2 aromatic carbocycles. The minimum atomic E-state index is -0.418. The molecule has 0 saturated heterocycles. The van der Waals surface area contributed by atoms with E-state index in [0.717, 1.165) is 42.6 Å². The van der Waals surface area contributed by atoms with Crippen molar-refractivity contribution >= 4 is 18.0 Å². The molecule has 0 atom stereocenters. The van der Waals surface area contributed by atoms with Crippen LogP contribution in [0.2, 0.25) is 0 Å². The average Bonchev–Trinajstić information content (AvgIpc) is 2.76. The Morgan fingerprint density at radius 2 is 1.48 bits per heavy atom. The maximum Gasteiger partial charge on any atom is 0.336 e. The quantitative estimate of drug-likeness (QED) is 0.191. The van der Waals surface area contributed by atoms with Crippen molar-refractivity contribution in [3.8, 4) is 11.5 Å². The van der Waals surface area contributed by atoms with Crippen molar-refractivity contribution < 1.29 is 23.8 Å². The lowest BCUT2D eigenvalue weighted by molar-refractivity contribution is -0.139. The van der Waals surface area contributed by atoms with Gasteiger partial charge in [0.05, 0.1) is 13.2 Å². The normalized spacial score (nSPS) is 10.6. The van der Waals surface area contributed by atoms with Crippen LogP contribution in [0.1, 0.15) is 43.7 Å². The zero-order chi connectivity index (χ0) is 22.5. The molecule has 2 rings (SSSR count). The number of unbranched alkanes of at least 4 members (excludes halogenated alkanes) is 3. The van der Waals surface area contributed by atoms with Crippen LogP contribution >= 0.6 is 0 Å². The summed E-state index contributed by atoms with van der Waals surface area (Å²) in [6.45, 7) is 8.23. The highest BCUT2D eigenvalue weighted by molar-refractivity contribution is 5.88. The summed E-state index contributed by atoms with van der Waals surface area (Å²) in [5.41, 5.74) is 2.42. The molecule has 0 spiro atoms. The molecule has 0 radical (unpaired) electrons. The van der Waals surface area contributed by atoms with Gasteiger partial charge in [0.2, 0.25) is 0 Å². The largest absolute Gasteiger partial charge is 0.494 e. The molecule has 0 bridgehead atoms. The number of carbonyl (C=O) groups is 2. The van der Waals surface area contributed by atoms with Crippen molar-refractivity contribution in [2.75, 3.05) is 13.2 Å². The van der Waals surface area contributed by atoms with Gasteiger partial charge in [-0.05, 0) is 75.4 Å². The van der Waals surface area contributed by atoms with Crippen molar-refractivity contribution in [3.05, 3.63) is 77.9 Å². The van der Waals surface area contributed by atoms with Crippen LogP contribution in [0.4, 0.5) is 0 Å². The van der Waals surface area contributed by atoms with Gasteiger partial charge in [-0.2, -0.15) is 0 Å². The summed E-state index contributed by atoms with van der Waals surface area (Å²) in [6, 6.07) is 14.9. The molecular formula is C26H30O5. The van der Waals surface area contributed by atoms with Gasteiger partial charge < -0.3 is 14.2 Å². The van der Waals surface area contributed by atoms with E-state index in [1.54, 1.807) is 25.1 Å². The lowest BCUT2D eigenvalue weighted by Crippen LogP contribution is -2.06. The first-order chi connectivity index (χ1) is 14.9. The van der Waals surface area contributed by atoms with Gasteiger partial charge in [-0.3, -0.25) is 0 Å². The van der Waals surface area contributed by atoms with Crippen molar-refractivity contribution in [1.29, 1.82) is 0 Å². The summed E-state index contributed by atoms with van der Waals surface area (Å²) in [6.07, 6.45) is 6.88. The molecule has 0 amide bonds. The molecule has 5 heteroatoms. The van der Waals surface area contributed by atoms with E-state index in [9.17, 15) is 9.59 Å². The third-order valence-corrected chi connectivity index (χ3v) is 4.42. The molecule has 0 heterocycles. The van der Waals surface area contributed by atoms with Crippen LogP contribution in [0.5, 0.6) is 11.5 Å². The number of rotatable bonds is 12. The number of ether oxygens (including phenoxy) is 3. The number of carbonyl (C=O) groups excluding carboxylic acids is 2. The fourth-order valence-electron chi connectivity index (χ4n) is 2.63. The summed E-state index contributed by atoms with van der Waals surface area (Å²) in [7, 11) is 0. The predicted molar refractivity (Wildman–Crippen MR) is 122 cm³/mol. The minimum Gasteiger partial charge on any atom is -0.494 e. The van der Waals surface area contributed by atoms with E-state index in [-0.39, 0.29) is 5.97 Å². The van der Waals surface area contributed by atoms with Crippen LogP contribution < -0.4 is 9.47 Å². The summed E-state index contributed by atoms with van der Waals surface area (Å²) >= 11 is 0. The van der Waals surface area contributed by atoms with Gasteiger partial charge in [0.15, 0.2) is 0 Å². The second-order valence-corrected chi connectivity index (χ2v) is 7.32. The topological polar surface area (TPSA) is 61.8 Å². The van der Waals surface area contributed by atoms with E-state index in [1.165, 1.54) is 6.08 Å². The minimum absolute atomic E-state index is 0.329. The first-order valence-corrected chi connectivity index (χ1v) is 10.5. The molecule has 0 unspecified atom stereocenters. The summed E-state index contributed by atoms with van der Waals surface area (Å²) in [5, 5.41) is 0. The molecule has 0 N–H and O–H groups in total. The van der Waals surface area contributed by atoms with Crippen LogP contribution in [0.15, 0.2) is 66.8 Å². The number of esters is 2. The molecule has 0 aliphatic rings. The Bertz CT molecular complexity index is 879. The Kier molecular flexibility index (Phi) is 10.1. The van der Waals surface area contributed by atoms with Crippen molar-refractivity contribution in [2.45, 2.75) is 39.5 Å². The Labute approximate surface area is 184 Å². The Hall–Kier alpha value is -3.34. The predicted octanol–water partition coefficient (Wildman–Crippen LogP) is 5.67. The van der Waals surface area contributed by atoms with Gasteiger partial charge in [-0.25, -0.2) is 9.59 Å². The maximum absolute atomic E-state index is 11.9. The zero-order valence-corrected chi connectivity index (χ0v) is 18.3. The molecule has 0 saturated carbocycles. The highest BCUT2D eigenvalue weighted by Gasteiger charge is 2.02. The van der Waals surface area contributed by atoms with E-state index >= 15 is 0 Å². The fraction of sp³-hybridized carbons (Fsp3) is 0.308. The van der Waals surface area contributed by atoms with Gasteiger partial charge in [-0.15, -0.1) is 0 Å². The van der Waals surface area contributed by atoms with Crippen LogP contribution in [0.25, 0.3) is 6.08 Å². The molecule has 5 nitrogen and oxygen atoms in total. The molecule has 2 aromatic rings. The van der Waals surface area contributed by atoms with E-state index in [1.807, 2.05) is 43.3 Å². The van der Waals surface area contributed by atoms with Crippen LogP contribution in [0, 0.1) is 6.92 Å². The lowest BCUT2D eigenvalue weighted by Gasteiger charge is -2.07. The van der Waals surface area contributed by atoms with Crippen molar-refractivity contribution in [2.24, 2.45) is 0 Å². The lowest BCUT2D eigenvalue weighted by atomic mass is 10.2. The van der Waals surface area contributed by atoms with E-state index in [2.05, 4.69) is 6.58 Å². The number of aryl methyl sites for hydroxylation is 1. The molecule has 0 fully saturated rings. The van der Waals surface area contributed by atoms with Crippen LogP contribution in [-0.4, -0.2) is 25.2 Å². The number of hydrogen-bond acceptors (Lipinski definition) is 5. The second kappa shape index (κ2) is 13.1. The molecule has 164 valence electrons. The van der Waals surface area contributed by atoms with Gasteiger partial charge in [0, 0.05) is 11.6 Å². The van der Waals surface area contributed by atoms with E-state index in [4.69, 9.17) is 14.2 Å². The van der Waals surface area contributed by atoms with Crippen LogP contribution in [0.3, 0.4) is 0 Å². The molecule has 0 aliphatic carbocycles. The first-order valence-electron chi connectivity index (χ1n) is 10.5. The van der Waals surface area contributed by atoms with Gasteiger partial charge in [0.1, 0.15) is 11.5 Å². The maximum atomic E-state index is 11.9. The smallest absolute Gasteiger partial charge is 0.336 e. The summed E-state index contributed by atoms with van der Waals surface area (Å²) in [5.74, 6) is 0.565. The highest BCUT2D eigenvalue weighted by Crippen LogP contribution is 2.15. The van der Waals surface area contributed by atoms with E-state index < -0.39 is 5.97 Å². The second-order valence-electron chi connectivity index (χ2n) is 7.32. The Morgan fingerprint density at radius 3 is 2.13 bits per heavy atom. The fourth-order valence-corrected chi connectivity index (χ4v) is 2.63. The molecular weight excluding hydrogens is 392 g/mol. The molecule has 0 aliphatic heterocycles. The summed E-state index contributed by atoms with van der Waals surface area (Å²) < 4.78 is 16.1. The van der Waals surface area contributed by atoms with Crippen molar-refractivity contribution in [1.82, 2.24) is 0 Å². The Morgan fingerprint density at radius 1 is 0.871 bits per heavy atom. The zero-order valence-electron chi connectivity index (χ0n) is 18.3. The standard InChI is InChI=1S/C26H30O5/c1-20(2)26(28)30-19-7-5-4-6-18-29-23-15-10-22(11-16-23)12-17-25(27)31-24-13-8-21(3)9-14-24/h8-17H,1,4-7,18-19H2,2-3H3/b17-12+.